The van der Waals surface area contributed by atoms with Gasteiger partial charge in [-0.3, -0.25) is 10.2 Å². The topological polar surface area (TPSA) is 90.4 Å². The van der Waals surface area contributed by atoms with Crippen LogP contribution in [-0.4, -0.2) is 21.2 Å². The molecule has 0 bridgehead atoms. The second-order valence-electron chi connectivity index (χ2n) is 5.54. The largest absolute Gasteiger partial charge is 0.392 e. The minimum atomic E-state index is -0.440. The van der Waals surface area contributed by atoms with Gasteiger partial charge in [0.1, 0.15) is 6.07 Å². The maximum Gasteiger partial charge on any atom is 0.226 e. The van der Waals surface area contributed by atoms with Gasteiger partial charge in [0.05, 0.1) is 17.9 Å². The SMILES string of the molecule is Cn1cc(C(=O)/C(C#N)=N/Nc2cccc(CO)c2)c2ccccc21. The third kappa shape index (κ3) is 3.27. The molecular formula is C19H16N4O2. The molecule has 3 rings (SSSR count). The second-order valence-corrected chi connectivity index (χ2v) is 5.54. The molecule has 6 heteroatoms. The van der Waals surface area contributed by atoms with Gasteiger partial charge in [0.15, 0.2) is 0 Å². The Bertz CT molecular complexity index is 1010. The standard InChI is InChI=1S/C19H16N4O2/c1-23-11-16(15-7-2-3-8-18(15)23)19(25)17(10-20)22-21-14-6-4-5-13(9-14)12-24/h2-9,11,21,24H,12H2,1H3/b22-17+. The molecule has 6 nitrogen and oxygen atoms in total. The van der Waals surface area contributed by atoms with E-state index in [1.54, 1.807) is 30.5 Å². The van der Waals surface area contributed by atoms with Gasteiger partial charge < -0.3 is 9.67 Å². The summed E-state index contributed by atoms with van der Waals surface area (Å²) in [6.45, 7) is -0.0979. The van der Waals surface area contributed by atoms with E-state index in [1.165, 1.54) is 0 Å². The average Bonchev–Trinajstić information content (AvgIpc) is 2.99. The number of ketones is 1. The van der Waals surface area contributed by atoms with Crippen LogP contribution in [0.25, 0.3) is 10.9 Å². The van der Waals surface area contributed by atoms with E-state index in [-0.39, 0.29) is 12.3 Å². The van der Waals surface area contributed by atoms with Crippen LogP contribution in [-0.2, 0) is 13.7 Å². The zero-order valence-corrected chi connectivity index (χ0v) is 13.6. The van der Waals surface area contributed by atoms with Crippen molar-refractivity contribution in [2.45, 2.75) is 6.61 Å². The van der Waals surface area contributed by atoms with Crippen LogP contribution in [0.5, 0.6) is 0 Å². The summed E-state index contributed by atoms with van der Waals surface area (Å²) in [5.41, 5.74) is 5.11. The molecule has 0 radical (unpaired) electrons. The van der Waals surface area contributed by atoms with Gasteiger partial charge in [0.25, 0.3) is 0 Å². The Labute approximate surface area is 144 Å². The number of aliphatic hydroxyl groups excluding tert-OH is 1. The number of carbonyl (C=O) groups is 1. The van der Waals surface area contributed by atoms with Crippen molar-refractivity contribution in [1.82, 2.24) is 4.57 Å². The number of aromatic nitrogens is 1. The smallest absolute Gasteiger partial charge is 0.226 e. The van der Waals surface area contributed by atoms with E-state index in [0.29, 0.717) is 16.8 Å². The fourth-order valence-electron chi connectivity index (χ4n) is 2.64. The number of aryl methyl sites for hydroxylation is 1. The maximum absolute atomic E-state index is 12.7. The quantitative estimate of drug-likeness (QED) is 0.427. The molecule has 2 aromatic carbocycles. The Morgan fingerprint density at radius 3 is 2.84 bits per heavy atom. The molecule has 0 aliphatic rings. The van der Waals surface area contributed by atoms with Crippen molar-refractivity contribution in [1.29, 1.82) is 5.26 Å². The predicted molar refractivity (Wildman–Crippen MR) is 96.3 cm³/mol. The Morgan fingerprint density at radius 1 is 1.28 bits per heavy atom. The summed E-state index contributed by atoms with van der Waals surface area (Å²) < 4.78 is 1.84. The van der Waals surface area contributed by atoms with E-state index < -0.39 is 5.78 Å². The van der Waals surface area contributed by atoms with Crippen molar-refractivity contribution >= 4 is 28.1 Å². The molecule has 3 aromatic rings. The highest BCUT2D eigenvalue weighted by atomic mass is 16.3. The van der Waals surface area contributed by atoms with Crippen LogP contribution in [0.1, 0.15) is 15.9 Å². The number of hydrazone groups is 1. The van der Waals surface area contributed by atoms with Crippen LogP contribution in [0, 0.1) is 11.3 Å². The summed E-state index contributed by atoms with van der Waals surface area (Å²) in [4.78, 5) is 12.7. The fraction of sp³-hybridized carbons (Fsp3) is 0.105. The lowest BCUT2D eigenvalue weighted by molar-refractivity contribution is 0.106. The summed E-state index contributed by atoms with van der Waals surface area (Å²) in [6.07, 6.45) is 1.70. The van der Waals surface area contributed by atoms with Gasteiger partial charge in [0.2, 0.25) is 11.5 Å². The lowest BCUT2D eigenvalue weighted by atomic mass is 10.1. The average molecular weight is 332 g/mol. The van der Waals surface area contributed by atoms with E-state index in [1.807, 2.05) is 41.9 Å². The molecule has 0 atom stereocenters. The summed E-state index contributed by atoms with van der Waals surface area (Å²) in [7, 11) is 1.85. The minimum Gasteiger partial charge on any atom is -0.392 e. The summed E-state index contributed by atoms with van der Waals surface area (Å²) in [6, 6.07) is 16.3. The lowest BCUT2D eigenvalue weighted by Gasteiger charge is -2.03. The zero-order valence-electron chi connectivity index (χ0n) is 13.6. The molecule has 0 fully saturated rings. The van der Waals surface area contributed by atoms with E-state index in [4.69, 9.17) is 5.11 Å². The van der Waals surface area contributed by atoms with Crippen molar-refractivity contribution in [2.24, 2.45) is 12.1 Å². The number of carbonyl (C=O) groups excluding carboxylic acids is 1. The predicted octanol–water partition coefficient (Wildman–Crippen LogP) is 2.84. The highest BCUT2D eigenvalue weighted by Gasteiger charge is 2.19. The first-order valence-corrected chi connectivity index (χ1v) is 7.66. The fourth-order valence-corrected chi connectivity index (χ4v) is 2.64. The van der Waals surface area contributed by atoms with E-state index >= 15 is 0 Å². The number of para-hydroxylation sites is 1. The number of nitriles is 1. The first kappa shape index (κ1) is 16.4. The van der Waals surface area contributed by atoms with Crippen molar-refractivity contribution < 1.29 is 9.90 Å². The second kappa shape index (κ2) is 6.99. The Hall–Kier alpha value is -3.43. The number of rotatable bonds is 5. The van der Waals surface area contributed by atoms with Gasteiger partial charge >= 0.3 is 0 Å². The third-order valence-electron chi connectivity index (χ3n) is 3.87. The Balaban J connectivity index is 1.92. The van der Waals surface area contributed by atoms with Gasteiger partial charge in [-0.1, -0.05) is 30.3 Å². The molecule has 0 unspecified atom stereocenters. The van der Waals surface area contributed by atoms with Gasteiger partial charge in [-0.15, -0.1) is 0 Å². The van der Waals surface area contributed by atoms with Crippen molar-refractivity contribution in [3.8, 4) is 6.07 Å². The zero-order chi connectivity index (χ0) is 17.8. The summed E-state index contributed by atoms with van der Waals surface area (Å²) in [5, 5.41) is 23.2. The molecule has 2 N–H and O–H groups in total. The number of nitrogens with zero attached hydrogens (tertiary/aromatic N) is 3. The van der Waals surface area contributed by atoms with Crippen LogP contribution in [0.2, 0.25) is 0 Å². The van der Waals surface area contributed by atoms with Crippen molar-refractivity contribution in [3.63, 3.8) is 0 Å². The summed E-state index contributed by atoms with van der Waals surface area (Å²) >= 11 is 0. The van der Waals surface area contributed by atoms with Crippen LogP contribution < -0.4 is 5.43 Å². The molecule has 0 saturated carbocycles. The third-order valence-corrected chi connectivity index (χ3v) is 3.87. The van der Waals surface area contributed by atoms with Crippen LogP contribution in [0.4, 0.5) is 5.69 Å². The number of nitrogens with one attached hydrogen (secondary N) is 1. The van der Waals surface area contributed by atoms with E-state index in [9.17, 15) is 10.1 Å². The number of hydrogen-bond acceptors (Lipinski definition) is 5. The molecule has 0 amide bonds. The lowest BCUT2D eigenvalue weighted by Crippen LogP contribution is -2.14. The van der Waals surface area contributed by atoms with Crippen molar-refractivity contribution in [2.75, 3.05) is 5.43 Å². The van der Waals surface area contributed by atoms with E-state index in [2.05, 4.69) is 10.5 Å². The van der Waals surface area contributed by atoms with Crippen molar-refractivity contribution in [3.05, 3.63) is 65.9 Å². The molecular weight excluding hydrogens is 316 g/mol. The normalized spacial score (nSPS) is 11.3. The molecule has 124 valence electrons. The minimum absolute atomic E-state index is 0.0979. The number of anilines is 1. The molecule has 25 heavy (non-hydrogen) atoms. The number of benzene rings is 2. The first-order valence-electron chi connectivity index (χ1n) is 7.66. The van der Waals surface area contributed by atoms with Crippen LogP contribution in [0.3, 0.4) is 0 Å². The van der Waals surface area contributed by atoms with E-state index in [0.717, 1.165) is 10.9 Å². The highest BCUT2D eigenvalue weighted by Crippen LogP contribution is 2.21. The van der Waals surface area contributed by atoms with Crippen LogP contribution >= 0.6 is 0 Å². The highest BCUT2D eigenvalue weighted by molar-refractivity contribution is 6.52. The molecule has 0 spiro atoms. The monoisotopic (exact) mass is 332 g/mol. The molecule has 0 saturated heterocycles. The maximum atomic E-state index is 12.7. The van der Waals surface area contributed by atoms with Gasteiger partial charge in [-0.2, -0.15) is 10.4 Å². The van der Waals surface area contributed by atoms with Crippen LogP contribution in [0.15, 0.2) is 59.8 Å². The first-order chi connectivity index (χ1) is 12.1. The number of fused-ring (bicyclic) bond motifs is 1. The van der Waals surface area contributed by atoms with Gasteiger partial charge in [-0.05, 0) is 23.8 Å². The molecule has 1 aromatic heterocycles. The van der Waals surface area contributed by atoms with Gasteiger partial charge in [0, 0.05) is 24.1 Å². The summed E-state index contributed by atoms with van der Waals surface area (Å²) in [5.74, 6) is -0.440. The molecule has 1 heterocycles. The molecule has 0 aliphatic carbocycles. The number of aliphatic hydroxyl groups is 1. The Morgan fingerprint density at radius 2 is 2.08 bits per heavy atom. The number of hydrogen-bond donors (Lipinski definition) is 2. The number of Topliss-reactive ketones (excluding diaryl/α,β-unsaturated/α-hetero) is 1. The Kier molecular flexibility index (Phi) is 4.59. The van der Waals surface area contributed by atoms with Gasteiger partial charge in [-0.25, -0.2) is 0 Å². The molecule has 0 aliphatic heterocycles.